The number of aromatic nitrogens is 2. The van der Waals surface area contributed by atoms with E-state index in [4.69, 9.17) is 9.47 Å². The zero-order chi connectivity index (χ0) is 15.1. The molecule has 1 N–H and O–H groups in total. The van der Waals surface area contributed by atoms with E-state index in [1.165, 1.54) is 12.8 Å². The van der Waals surface area contributed by atoms with Crippen LogP contribution in [-0.4, -0.2) is 57.0 Å². The van der Waals surface area contributed by atoms with Gasteiger partial charge in [0.15, 0.2) is 0 Å². The van der Waals surface area contributed by atoms with Gasteiger partial charge in [0.25, 0.3) is 0 Å². The number of nitrogens with zero attached hydrogens (tertiary/aromatic N) is 3. The van der Waals surface area contributed by atoms with Crippen molar-refractivity contribution >= 4 is 5.82 Å². The van der Waals surface area contributed by atoms with Gasteiger partial charge in [-0.15, -0.1) is 0 Å². The van der Waals surface area contributed by atoms with Crippen LogP contribution in [0.15, 0.2) is 6.07 Å². The molecule has 2 heterocycles. The summed E-state index contributed by atoms with van der Waals surface area (Å²) in [7, 11) is 3.37. The normalized spacial score (nSPS) is 18.8. The second-order valence-electron chi connectivity index (χ2n) is 5.47. The number of ether oxygens (including phenoxy) is 2. The summed E-state index contributed by atoms with van der Waals surface area (Å²) in [5.41, 5.74) is 0. The summed E-state index contributed by atoms with van der Waals surface area (Å²) in [5.74, 6) is 3.01. The van der Waals surface area contributed by atoms with E-state index in [1.807, 2.05) is 13.0 Å². The van der Waals surface area contributed by atoms with Crippen LogP contribution in [0.1, 0.15) is 18.7 Å². The van der Waals surface area contributed by atoms with Crippen LogP contribution in [-0.2, 0) is 4.74 Å². The Morgan fingerprint density at radius 1 is 1.38 bits per heavy atom. The summed E-state index contributed by atoms with van der Waals surface area (Å²) in [6.45, 7) is 6.68. The maximum atomic E-state index is 5.24. The maximum Gasteiger partial charge on any atom is 0.218 e. The van der Waals surface area contributed by atoms with Crippen molar-refractivity contribution in [2.45, 2.75) is 19.8 Å². The summed E-state index contributed by atoms with van der Waals surface area (Å²) >= 11 is 0. The molecule has 0 radical (unpaired) electrons. The average Bonchev–Trinajstić information content (AvgIpc) is 2.51. The number of nitrogens with one attached hydrogen (secondary N) is 1. The lowest BCUT2D eigenvalue weighted by molar-refractivity contribution is 0.197. The van der Waals surface area contributed by atoms with Crippen molar-refractivity contribution in [1.82, 2.24) is 15.3 Å². The Balaban J connectivity index is 1.92. The second kappa shape index (κ2) is 8.14. The van der Waals surface area contributed by atoms with E-state index >= 15 is 0 Å². The Morgan fingerprint density at radius 2 is 2.24 bits per heavy atom. The molecule has 6 nitrogen and oxygen atoms in total. The van der Waals surface area contributed by atoms with E-state index in [0.717, 1.165) is 44.4 Å². The van der Waals surface area contributed by atoms with Crippen LogP contribution in [0.2, 0.25) is 0 Å². The molecule has 118 valence electrons. The van der Waals surface area contributed by atoms with Crippen molar-refractivity contribution in [2.75, 3.05) is 51.9 Å². The van der Waals surface area contributed by atoms with Gasteiger partial charge < -0.3 is 19.7 Å². The van der Waals surface area contributed by atoms with Crippen LogP contribution in [0.5, 0.6) is 5.88 Å². The molecule has 1 aliphatic rings. The first-order chi connectivity index (χ1) is 10.2. The molecule has 1 unspecified atom stereocenters. The van der Waals surface area contributed by atoms with Gasteiger partial charge in [-0.3, -0.25) is 0 Å². The molecular weight excluding hydrogens is 268 g/mol. The first-order valence-corrected chi connectivity index (χ1v) is 7.57. The summed E-state index contributed by atoms with van der Waals surface area (Å²) in [6.07, 6.45) is 2.46. The van der Waals surface area contributed by atoms with Gasteiger partial charge >= 0.3 is 0 Å². The summed E-state index contributed by atoms with van der Waals surface area (Å²) in [6, 6.07) is 1.92. The number of anilines is 1. The molecule has 1 aromatic rings. The van der Waals surface area contributed by atoms with Crippen molar-refractivity contribution in [1.29, 1.82) is 0 Å². The third-order valence-corrected chi connectivity index (χ3v) is 3.77. The molecule has 0 spiro atoms. The van der Waals surface area contributed by atoms with Crippen LogP contribution in [0.25, 0.3) is 0 Å². The van der Waals surface area contributed by atoms with Crippen molar-refractivity contribution in [2.24, 2.45) is 5.92 Å². The van der Waals surface area contributed by atoms with E-state index in [9.17, 15) is 0 Å². The quantitative estimate of drug-likeness (QED) is 0.764. The molecule has 6 heteroatoms. The predicted molar refractivity (Wildman–Crippen MR) is 83.0 cm³/mol. The molecule has 0 saturated carbocycles. The number of aryl methyl sites for hydroxylation is 1. The molecule has 0 aromatic carbocycles. The molecule has 21 heavy (non-hydrogen) atoms. The Morgan fingerprint density at radius 3 is 3.00 bits per heavy atom. The standard InChI is InChI=1S/C15H26N4O2/c1-12-17-14(9-15(18-12)21-3)19-7-4-5-13(11-19)10-16-6-8-20-2/h9,13,16H,4-8,10-11H2,1-3H3. The van der Waals surface area contributed by atoms with Crippen LogP contribution < -0.4 is 15.0 Å². The van der Waals surface area contributed by atoms with Gasteiger partial charge in [-0.1, -0.05) is 0 Å². The number of hydrogen-bond acceptors (Lipinski definition) is 6. The monoisotopic (exact) mass is 294 g/mol. The summed E-state index contributed by atoms with van der Waals surface area (Å²) in [4.78, 5) is 11.1. The highest BCUT2D eigenvalue weighted by Gasteiger charge is 2.21. The summed E-state index contributed by atoms with van der Waals surface area (Å²) in [5, 5.41) is 3.45. The number of rotatable bonds is 7. The van der Waals surface area contributed by atoms with Gasteiger partial charge in [-0.05, 0) is 32.2 Å². The highest BCUT2D eigenvalue weighted by atomic mass is 16.5. The molecule has 1 aromatic heterocycles. The minimum atomic E-state index is 0.637. The first-order valence-electron chi connectivity index (χ1n) is 7.57. The smallest absolute Gasteiger partial charge is 0.218 e. The lowest BCUT2D eigenvalue weighted by atomic mass is 9.98. The third kappa shape index (κ3) is 4.82. The second-order valence-corrected chi connectivity index (χ2v) is 5.47. The fourth-order valence-corrected chi connectivity index (χ4v) is 2.71. The molecule has 0 bridgehead atoms. The summed E-state index contributed by atoms with van der Waals surface area (Å²) < 4.78 is 10.3. The Hall–Kier alpha value is -1.40. The van der Waals surface area contributed by atoms with Crippen molar-refractivity contribution in [3.63, 3.8) is 0 Å². The van der Waals surface area contributed by atoms with Crippen LogP contribution in [0.3, 0.4) is 0 Å². The lowest BCUT2D eigenvalue weighted by Crippen LogP contribution is -2.40. The highest BCUT2D eigenvalue weighted by molar-refractivity contribution is 5.42. The zero-order valence-electron chi connectivity index (χ0n) is 13.3. The van der Waals surface area contributed by atoms with Crippen molar-refractivity contribution in [3.8, 4) is 5.88 Å². The van der Waals surface area contributed by atoms with Crippen molar-refractivity contribution < 1.29 is 9.47 Å². The predicted octanol–water partition coefficient (Wildman–Crippen LogP) is 1.25. The molecule has 1 atom stereocenters. The topological polar surface area (TPSA) is 59.5 Å². The average molecular weight is 294 g/mol. The first kappa shape index (κ1) is 16.0. The van der Waals surface area contributed by atoms with Crippen LogP contribution >= 0.6 is 0 Å². The molecule has 1 aliphatic heterocycles. The largest absolute Gasteiger partial charge is 0.481 e. The molecule has 1 fully saturated rings. The van der Waals surface area contributed by atoms with Gasteiger partial charge in [0.2, 0.25) is 5.88 Å². The Kier molecular flexibility index (Phi) is 6.20. The van der Waals surface area contributed by atoms with Crippen LogP contribution in [0.4, 0.5) is 5.82 Å². The Bertz CT molecular complexity index is 442. The number of hydrogen-bond donors (Lipinski definition) is 1. The zero-order valence-corrected chi connectivity index (χ0v) is 13.3. The van der Waals surface area contributed by atoms with Gasteiger partial charge in [-0.2, -0.15) is 4.98 Å². The lowest BCUT2D eigenvalue weighted by Gasteiger charge is -2.33. The number of piperidine rings is 1. The van der Waals surface area contributed by atoms with E-state index in [2.05, 4.69) is 20.2 Å². The van der Waals surface area contributed by atoms with Crippen molar-refractivity contribution in [3.05, 3.63) is 11.9 Å². The molecular formula is C15H26N4O2. The highest BCUT2D eigenvalue weighted by Crippen LogP contribution is 2.23. The molecule has 0 aliphatic carbocycles. The molecule has 1 saturated heterocycles. The molecule has 0 amide bonds. The van der Waals surface area contributed by atoms with Gasteiger partial charge in [0, 0.05) is 32.8 Å². The van der Waals surface area contributed by atoms with Gasteiger partial charge in [-0.25, -0.2) is 4.98 Å². The van der Waals surface area contributed by atoms with Crippen LogP contribution in [0, 0.1) is 12.8 Å². The van der Waals surface area contributed by atoms with E-state index < -0.39 is 0 Å². The fourth-order valence-electron chi connectivity index (χ4n) is 2.71. The minimum absolute atomic E-state index is 0.637. The van der Waals surface area contributed by atoms with E-state index in [1.54, 1.807) is 14.2 Å². The van der Waals surface area contributed by atoms with Gasteiger partial charge in [0.1, 0.15) is 11.6 Å². The SMILES string of the molecule is COCCNCC1CCCN(c2cc(OC)nc(C)n2)C1. The van der Waals surface area contributed by atoms with E-state index in [0.29, 0.717) is 11.8 Å². The maximum absolute atomic E-state index is 5.24. The number of methoxy groups -OCH3 is 2. The van der Waals surface area contributed by atoms with Gasteiger partial charge in [0.05, 0.1) is 13.7 Å². The Labute approximate surface area is 126 Å². The van der Waals surface area contributed by atoms with E-state index in [-0.39, 0.29) is 0 Å². The fraction of sp³-hybridized carbons (Fsp3) is 0.733. The third-order valence-electron chi connectivity index (χ3n) is 3.77. The molecule has 2 rings (SSSR count). The minimum Gasteiger partial charge on any atom is -0.481 e.